The van der Waals surface area contributed by atoms with E-state index in [0.717, 1.165) is 6.29 Å². The highest BCUT2D eigenvalue weighted by atomic mass is 32.2. The first-order valence-electron chi connectivity index (χ1n) is 4.91. The summed E-state index contributed by atoms with van der Waals surface area (Å²) in [6.45, 7) is 7.34. The smallest absolute Gasteiger partial charge is 0.211 e. The maximum absolute atomic E-state index is 11.4. The Balaban J connectivity index is 4.65. The Morgan fingerprint density at radius 3 is 2.00 bits per heavy atom. The number of hydrogen-bond acceptors (Lipinski definition) is 3. The summed E-state index contributed by atoms with van der Waals surface area (Å²) in [5, 5.41) is 0. The van der Waals surface area contributed by atoms with Gasteiger partial charge in [0.2, 0.25) is 10.0 Å². The maximum Gasteiger partial charge on any atom is 0.211 e. The molecule has 5 heteroatoms. The van der Waals surface area contributed by atoms with Crippen LogP contribution in [0, 0.1) is 10.8 Å². The first kappa shape index (κ1) is 14.6. The molecule has 0 fully saturated rings. The quantitative estimate of drug-likeness (QED) is 0.703. The highest BCUT2D eigenvalue weighted by Gasteiger charge is 2.32. The minimum absolute atomic E-state index is 0.0355. The van der Waals surface area contributed by atoms with E-state index < -0.39 is 20.9 Å². The lowest BCUT2D eigenvalue weighted by atomic mass is 9.77. The van der Waals surface area contributed by atoms with Gasteiger partial charge in [-0.3, -0.25) is 0 Å². The van der Waals surface area contributed by atoms with E-state index in [9.17, 15) is 13.2 Å². The van der Waals surface area contributed by atoms with Gasteiger partial charge in [-0.2, -0.15) is 0 Å². The molecule has 0 rings (SSSR count). The van der Waals surface area contributed by atoms with Crippen LogP contribution in [0.3, 0.4) is 0 Å². The molecule has 0 bridgehead atoms. The van der Waals surface area contributed by atoms with E-state index in [4.69, 9.17) is 0 Å². The van der Waals surface area contributed by atoms with Gasteiger partial charge in [-0.15, -0.1) is 0 Å². The number of hydrogen-bond donors (Lipinski definition) is 1. The summed E-state index contributed by atoms with van der Waals surface area (Å²) in [5.74, 6) is 0.0355. The third kappa shape index (κ3) is 5.89. The molecule has 0 heterocycles. The molecule has 0 unspecified atom stereocenters. The number of nitrogens with one attached hydrogen (secondary N) is 1. The summed E-state index contributed by atoms with van der Waals surface area (Å²) >= 11 is 0. The first-order chi connectivity index (χ1) is 6.54. The van der Waals surface area contributed by atoms with Crippen molar-refractivity contribution in [3.63, 3.8) is 0 Å². The lowest BCUT2D eigenvalue weighted by Crippen LogP contribution is -2.35. The van der Waals surface area contributed by atoms with Crippen molar-refractivity contribution in [2.24, 2.45) is 10.8 Å². The van der Waals surface area contributed by atoms with Gasteiger partial charge in [0.25, 0.3) is 0 Å². The van der Waals surface area contributed by atoms with E-state index >= 15 is 0 Å². The van der Waals surface area contributed by atoms with E-state index in [1.165, 1.54) is 7.05 Å². The zero-order valence-corrected chi connectivity index (χ0v) is 10.9. The summed E-state index contributed by atoms with van der Waals surface area (Å²) < 4.78 is 25.1. The molecule has 0 radical (unpaired) electrons. The van der Waals surface area contributed by atoms with Gasteiger partial charge >= 0.3 is 0 Å². The van der Waals surface area contributed by atoms with Crippen molar-refractivity contribution in [2.45, 2.75) is 34.1 Å². The van der Waals surface area contributed by atoms with Gasteiger partial charge < -0.3 is 4.79 Å². The highest BCUT2D eigenvalue weighted by molar-refractivity contribution is 7.89. The Bertz CT molecular complexity index is 318. The van der Waals surface area contributed by atoms with Crippen molar-refractivity contribution >= 4 is 16.3 Å². The Labute approximate surface area is 92.5 Å². The minimum Gasteiger partial charge on any atom is -0.303 e. The third-order valence-electron chi connectivity index (χ3n) is 2.14. The predicted octanol–water partition coefficient (Wildman–Crippen LogP) is 1.18. The van der Waals surface area contributed by atoms with Crippen molar-refractivity contribution in [3.8, 4) is 0 Å². The highest BCUT2D eigenvalue weighted by Crippen LogP contribution is 2.32. The lowest BCUT2D eigenvalue weighted by Gasteiger charge is -2.30. The standard InChI is InChI=1S/C10H21NO3S/c1-9(2,7-12)6-10(3,4)8-15(13,14)11-5/h7,11H,6,8H2,1-5H3. The van der Waals surface area contributed by atoms with Crippen LogP contribution in [0.2, 0.25) is 0 Å². The van der Waals surface area contributed by atoms with Crippen molar-refractivity contribution in [2.75, 3.05) is 12.8 Å². The second-order valence-electron chi connectivity index (χ2n) is 5.41. The van der Waals surface area contributed by atoms with Gasteiger partial charge in [0.1, 0.15) is 6.29 Å². The topological polar surface area (TPSA) is 63.2 Å². The number of carbonyl (C=O) groups is 1. The van der Waals surface area contributed by atoms with E-state index in [-0.39, 0.29) is 5.75 Å². The van der Waals surface area contributed by atoms with Gasteiger partial charge in [0, 0.05) is 5.41 Å². The van der Waals surface area contributed by atoms with Crippen molar-refractivity contribution in [3.05, 3.63) is 0 Å². The number of aldehydes is 1. The van der Waals surface area contributed by atoms with Crippen molar-refractivity contribution in [1.29, 1.82) is 0 Å². The fraction of sp³-hybridized carbons (Fsp3) is 0.900. The molecule has 90 valence electrons. The zero-order chi connectivity index (χ0) is 12.3. The summed E-state index contributed by atoms with van der Waals surface area (Å²) in [6.07, 6.45) is 1.42. The molecule has 0 aliphatic rings. The van der Waals surface area contributed by atoms with Crippen LogP contribution >= 0.6 is 0 Å². The van der Waals surface area contributed by atoms with Gasteiger partial charge in [0.05, 0.1) is 5.75 Å². The SMILES string of the molecule is CNS(=O)(=O)CC(C)(C)CC(C)(C)C=O. The molecule has 0 aromatic heterocycles. The summed E-state index contributed by atoms with van der Waals surface area (Å²) in [6, 6.07) is 0. The third-order valence-corrected chi connectivity index (χ3v) is 3.93. The molecule has 0 aromatic rings. The lowest BCUT2D eigenvalue weighted by molar-refractivity contribution is -0.115. The van der Waals surface area contributed by atoms with Gasteiger partial charge in [-0.1, -0.05) is 27.7 Å². The van der Waals surface area contributed by atoms with Crippen molar-refractivity contribution in [1.82, 2.24) is 4.72 Å². The average molecular weight is 235 g/mol. The molecule has 0 amide bonds. The Hall–Kier alpha value is -0.420. The molecule has 0 saturated carbocycles. The molecule has 0 aromatic carbocycles. The van der Waals surface area contributed by atoms with Crippen LogP contribution in [0.1, 0.15) is 34.1 Å². The number of carbonyl (C=O) groups excluding carboxylic acids is 1. The van der Waals surface area contributed by atoms with Crippen LogP contribution in [0.4, 0.5) is 0 Å². The molecule has 0 aliphatic heterocycles. The second-order valence-corrected chi connectivity index (χ2v) is 7.34. The summed E-state index contributed by atoms with van der Waals surface area (Å²) in [7, 11) is -1.82. The summed E-state index contributed by atoms with van der Waals surface area (Å²) in [4.78, 5) is 10.8. The molecular formula is C10H21NO3S. The van der Waals surface area contributed by atoms with Gasteiger partial charge in [0.15, 0.2) is 0 Å². The predicted molar refractivity (Wildman–Crippen MR) is 61.1 cm³/mol. The number of rotatable bonds is 6. The summed E-state index contributed by atoms with van der Waals surface area (Å²) in [5.41, 5.74) is -0.890. The van der Waals surface area contributed by atoms with Crippen LogP contribution in [-0.2, 0) is 14.8 Å². The molecule has 0 spiro atoms. The largest absolute Gasteiger partial charge is 0.303 e. The number of sulfonamides is 1. The molecule has 0 atom stereocenters. The fourth-order valence-corrected chi connectivity index (χ4v) is 3.19. The van der Waals surface area contributed by atoms with E-state index in [1.807, 2.05) is 27.7 Å². The molecule has 4 nitrogen and oxygen atoms in total. The molecule has 0 aliphatic carbocycles. The molecule has 1 N–H and O–H groups in total. The molecular weight excluding hydrogens is 214 g/mol. The van der Waals surface area contributed by atoms with E-state index in [0.29, 0.717) is 6.42 Å². The van der Waals surface area contributed by atoms with Gasteiger partial charge in [-0.25, -0.2) is 13.1 Å². The minimum atomic E-state index is -3.22. The Morgan fingerprint density at radius 1 is 1.20 bits per heavy atom. The molecule has 0 saturated heterocycles. The van der Waals surface area contributed by atoms with Crippen molar-refractivity contribution < 1.29 is 13.2 Å². The first-order valence-corrected chi connectivity index (χ1v) is 6.56. The Morgan fingerprint density at radius 2 is 1.67 bits per heavy atom. The van der Waals surface area contributed by atoms with Crippen LogP contribution in [0.5, 0.6) is 0 Å². The van der Waals surface area contributed by atoms with Gasteiger partial charge in [-0.05, 0) is 18.9 Å². The van der Waals surface area contributed by atoms with Crippen LogP contribution in [-0.4, -0.2) is 27.5 Å². The fourth-order valence-electron chi connectivity index (χ4n) is 1.91. The average Bonchev–Trinajstić information content (AvgIpc) is 2.00. The van der Waals surface area contributed by atoms with E-state index in [2.05, 4.69) is 4.72 Å². The Kier molecular flexibility index (Phi) is 4.49. The normalized spacial score (nSPS) is 13.9. The van der Waals surface area contributed by atoms with Crippen LogP contribution < -0.4 is 4.72 Å². The maximum atomic E-state index is 11.4. The van der Waals surface area contributed by atoms with Crippen LogP contribution in [0.25, 0.3) is 0 Å². The van der Waals surface area contributed by atoms with Crippen LogP contribution in [0.15, 0.2) is 0 Å². The second kappa shape index (κ2) is 4.61. The monoisotopic (exact) mass is 235 g/mol. The van der Waals surface area contributed by atoms with E-state index in [1.54, 1.807) is 0 Å². The zero-order valence-electron chi connectivity index (χ0n) is 10.1. The molecule has 15 heavy (non-hydrogen) atoms.